The lowest BCUT2D eigenvalue weighted by Gasteiger charge is -2.43. The predicted octanol–water partition coefficient (Wildman–Crippen LogP) is 2.89. The molecule has 9 heteroatoms. The first-order valence-electron chi connectivity index (χ1n) is 11.3. The minimum Gasteiger partial charge on any atom is -0.507 e. The number of aromatic hydroxyl groups is 1. The van der Waals surface area contributed by atoms with Crippen LogP contribution >= 0.6 is 0 Å². The quantitative estimate of drug-likeness (QED) is 0.483. The summed E-state index contributed by atoms with van der Waals surface area (Å²) in [4.78, 5) is 28.0. The van der Waals surface area contributed by atoms with E-state index in [4.69, 9.17) is 14.2 Å². The first-order valence-corrected chi connectivity index (χ1v) is 11.3. The van der Waals surface area contributed by atoms with Crippen molar-refractivity contribution >= 4 is 17.5 Å². The Morgan fingerprint density at radius 3 is 2.29 bits per heavy atom. The summed E-state index contributed by atoms with van der Waals surface area (Å²) in [5.41, 5.74) is 0.564. The highest BCUT2D eigenvalue weighted by Gasteiger charge is 2.32. The second-order valence-corrected chi connectivity index (χ2v) is 8.42. The number of nitrogens with one attached hydrogen (secondary N) is 2. The van der Waals surface area contributed by atoms with Crippen LogP contribution in [0.2, 0.25) is 0 Å². The summed E-state index contributed by atoms with van der Waals surface area (Å²) in [5, 5.41) is 16.0. The Balaban J connectivity index is 1.71. The standard InChI is InChI=1S/C25H33N3O6/c1-5-25(2,28-8-10-34-11-9-28)16-26-24(31)21-14-18(6-7-22(21)29)27-23(30)17-12-19(32-3)15-20(13-17)33-4/h6-7,12-15,29H,5,8-11,16H2,1-4H3,(H,26,31)(H,27,30). The molecule has 2 aromatic rings. The molecule has 1 aliphatic heterocycles. The molecule has 0 bridgehead atoms. The van der Waals surface area contributed by atoms with Gasteiger partial charge in [0.2, 0.25) is 0 Å². The smallest absolute Gasteiger partial charge is 0.255 e. The molecule has 1 unspecified atom stereocenters. The van der Waals surface area contributed by atoms with Gasteiger partial charge in [0.15, 0.2) is 0 Å². The number of anilines is 1. The van der Waals surface area contributed by atoms with E-state index in [-0.39, 0.29) is 16.9 Å². The molecular weight excluding hydrogens is 438 g/mol. The zero-order valence-corrected chi connectivity index (χ0v) is 20.1. The molecule has 1 fully saturated rings. The first kappa shape index (κ1) is 25.3. The van der Waals surface area contributed by atoms with Gasteiger partial charge in [0, 0.05) is 42.5 Å². The van der Waals surface area contributed by atoms with Crippen LogP contribution in [0.3, 0.4) is 0 Å². The Labute approximate surface area is 200 Å². The van der Waals surface area contributed by atoms with E-state index in [0.717, 1.165) is 19.5 Å². The Kier molecular flexibility index (Phi) is 8.36. The second kappa shape index (κ2) is 11.2. The van der Waals surface area contributed by atoms with Crippen molar-refractivity contribution in [1.29, 1.82) is 0 Å². The predicted molar refractivity (Wildman–Crippen MR) is 129 cm³/mol. The molecular formula is C25H33N3O6. The topological polar surface area (TPSA) is 109 Å². The third-order valence-corrected chi connectivity index (χ3v) is 6.28. The van der Waals surface area contributed by atoms with Crippen LogP contribution in [0.25, 0.3) is 0 Å². The van der Waals surface area contributed by atoms with Gasteiger partial charge in [-0.1, -0.05) is 6.92 Å². The maximum absolute atomic E-state index is 12.9. The van der Waals surface area contributed by atoms with Crippen LogP contribution < -0.4 is 20.1 Å². The molecule has 3 N–H and O–H groups in total. The molecule has 3 rings (SSSR count). The van der Waals surface area contributed by atoms with Crippen molar-refractivity contribution in [3.63, 3.8) is 0 Å². The third kappa shape index (κ3) is 5.98. The van der Waals surface area contributed by atoms with Crippen molar-refractivity contribution in [2.24, 2.45) is 0 Å². The molecule has 1 atom stereocenters. The molecule has 2 aromatic carbocycles. The van der Waals surface area contributed by atoms with Gasteiger partial charge in [-0.05, 0) is 43.7 Å². The average Bonchev–Trinajstić information content (AvgIpc) is 2.88. The van der Waals surface area contributed by atoms with Gasteiger partial charge in [-0.15, -0.1) is 0 Å². The van der Waals surface area contributed by atoms with Crippen LogP contribution in [-0.4, -0.2) is 74.4 Å². The summed E-state index contributed by atoms with van der Waals surface area (Å²) in [6.45, 7) is 7.57. The van der Waals surface area contributed by atoms with E-state index in [0.29, 0.717) is 42.5 Å². The van der Waals surface area contributed by atoms with Crippen molar-refractivity contribution in [1.82, 2.24) is 10.2 Å². The Morgan fingerprint density at radius 2 is 1.71 bits per heavy atom. The molecule has 184 valence electrons. The molecule has 1 saturated heterocycles. The molecule has 0 radical (unpaired) electrons. The fraction of sp³-hybridized carbons (Fsp3) is 0.440. The summed E-state index contributed by atoms with van der Waals surface area (Å²) in [6.07, 6.45) is 0.847. The van der Waals surface area contributed by atoms with Gasteiger partial charge in [-0.2, -0.15) is 0 Å². The number of nitrogens with zero attached hydrogens (tertiary/aromatic N) is 1. The van der Waals surface area contributed by atoms with Crippen molar-refractivity contribution in [2.45, 2.75) is 25.8 Å². The number of benzene rings is 2. The summed E-state index contributed by atoms with van der Waals surface area (Å²) in [7, 11) is 3.01. The number of hydrogen-bond donors (Lipinski definition) is 3. The van der Waals surface area contributed by atoms with E-state index in [9.17, 15) is 14.7 Å². The van der Waals surface area contributed by atoms with Gasteiger partial charge in [-0.25, -0.2) is 0 Å². The van der Waals surface area contributed by atoms with Gasteiger partial charge in [0.1, 0.15) is 17.2 Å². The Hall–Kier alpha value is -3.30. The molecule has 0 aliphatic carbocycles. The molecule has 0 aromatic heterocycles. The minimum absolute atomic E-state index is 0.0847. The largest absolute Gasteiger partial charge is 0.507 e. The van der Waals surface area contributed by atoms with Crippen LogP contribution in [0.4, 0.5) is 5.69 Å². The molecule has 2 amide bonds. The van der Waals surface area contributed by atoms with E-state index < -0.39 is 11.8 Å². The first-order chi connectivity index (χ1) is 16.3. The van der Waals surface area contributed by atoms with Crippen LogP contribution in [0, 0.1) is 0 Å². The highest BCUT2D eigenvalue weighted by Crippen LogP contribution is 2.26. The van der Waals surface area contributed by atoms with Crippen LogP contribution in [0.5, 0.6) is 17.2 Å². The van der Waals surface area contributed by atoms with Crippen LogP contribution in [0.1, 0.15) is 41.0 Å². The lowest BCUT2D eigenvalue weighted by molar-refractivity contribution is -0.0169. The Bertz CT molecular complexity index is 999. The van der Waals surface area contributed by atoms with E-state index in [1.807, 2.05) is 0 Å². The number of phenols is 1. The van der Waals surface area contributed by atoms with Crippen molar-refractivity contribution in [2.75, 3.05) is 52.4 Å². The van der Waals surface area contributed by atoms with Crippen molar-refractivity contribution in [3.05, 3.63) is 47.5 Å². The van der Waals surface area contributed by atoms with Gasteiger partial charge < -0.3 is 30.0 Å². The molecule has 0 saturated carbocycles. The fourth-order valence-corrected chi connectivity index (χ4v) is 3.87. The van der Waals surface area contributed by atoms with Crippen molar-refractivity contribution < 1.29 is 28.9 Å². The SMILES string of the molecule is CCC(C)(CNC(=O)c1cc(NC(=O)c2cc(OC)cc(OC)c2)ccc1O)N1CCOCC1. The minimum atomic E-state index is -0.412. The number of rotatable bonds is 9. The monoisotopic (exact) mass is 471 g/mol. The molecule has 34 heavy (non-hydrogen) atoms. The lowest BCUT2D eigenvalue weighted by atomic mass is 9.95. The van der Waals surface area contributed by atoms with E-state index in [1.165, 1.54) is 32.4 Å². The normalized spacial score (nSPS) is 15.8. The zero-order valence-electron chi connectivity index (χ0n) is 20.1. The molecule has 1 aliphatic rings. The number of ether oxygens (including phenoxy) is 3. The zero-order chi connectivity index (χ0) is 24.7. The number of amides is 2. The highest BCUT2D eigenvalue weighted by atomic mass is 16.5. The third-order valence-electron chi connectivity index (χ3n) is 6.28. The molecule has 9 nitrogen and oxygen atoms in total. The van der Waals surface area contributed by atoms with Crippen LogP contribution in [-0.2, 0) is 4.74 Å². The average molecular weight is 472 g/mol. The summed E-state index contributed by atoms with van der Waals surface area (Å²) in [6, 6.07) is 9.22. The lowest BCUT2D eigenvalue weighted by Crippen LogP contribution is -2.56. The summed E-state index contributed by atoms with van der Waals surface area (Å²) < 4.78 is 15.9. The fourth-order valence-electron chi connectivity index (χ4n) is 3.87. The van der Waals surface area contributed by atoms with Gasteiger partial charge in [0.05, 0.1) is 33.0 Å². The number of phenolic OH excluding ortho intramolecular Hbond substituents is 1. The van der Waals surface area contributed by atoms with E-state index in [1.54, 1.807) is 18.2 Å². The molecule has 1 heterocycles. The van der Waals surface area contributed by atoms with Gasteiger partial charge in [-0.3, -0.25) is 14.5 Å². The number of morpholine rings is 1. The second-order valence-electron chi connectivity index (χ2n) is 8.42. The number of carbonyl (C=O) groups is 2. The number of hydrogen-bond acceptors (Lipinski definition) is 7. The maximum atomic E-state index is 12.9. The van der Waals surface area contributed by atoms with Gasteiger partial charge >= 0.3 is 0 Å². The highest BCUT2D eigenvalue weighted by molar-refractivity contribution is 6.06. The maximum Gasteiger partial charge on any atom is 0.255 e. The Morgan fingerprint density at radius 1 is 1.06 bits per heavy atom. The summed E-state index contributed by atoms with van der Waals surface area (Å²) >= 11 is 0. The van der Waals surface area contributed by atoms with Gasteiger partial charge in [0.25, 0.3) is 11.8 Å². The molecule has 0 spiro atoms. The number of methoxy groups -OCH3 is 2. The van der Waals surface area contributed by atoms with Crippen molar-refractivity contribution in [3.8, 4) is 17.2 Å². The van der Waals surface area contributed by atoms with E-state index in [2.05, 4.69) is 29.4 Å². The van der Waals surface area contributed by atoms with E-state index >= 15 is 0 Å². The summed E-state index contributed by atoms with van der Waals surface area (Å²) in [5.74, 6) is -0.0168. The number of carbonyl (C=O) groups excluding carboxylic acids is 2. The van der Waals surface area contributed by atoms with Crippen LogP contribution in [0.15, 0.2) is 36.4 Å².